The lowest BCUT2D eigenvalue weighted by Crippen LogP contribution is -2.30. The Labute approximate surface area is 117 Å². The summed E-state index contributed by atoms with van der Waals surface area (Å²) in [5, 5.41) is 9.58. The van der Waals surface area contributed by atoms with Crippen LogP contribution in [0.25, 0.3) is 0 Å². The molecule has 0 spiro atoms. The smallest absolute Gasteiger partial charge is 0.309 e. The van der Waals surface area contributed by atoms with E-state index in [0.29, 0.717) is 12.3 Å². The first-order valence-electron chi connectivity index (χ1n) is 6.53. The average Bonchev–Trinajstić information content (AvgIpc) is 2.77. The second kappa shape index (κ2) is 5.43. The number of carboxylic acid groups (broad SMARTS) is 1. The predicted molar refractivity (Wildman–Crippen MR) is 75.5 cm³/mol. The van der Waals surface area contributed by atoms with Crippen LogP contribution in [0.1, 0.15) is 38.2 Å². The fourth-order valence-electron chi connectivity index (χ4n) is 3.01. The van der Waals surface area contributed by atoms with Gasteiger partial charge < -0.3 is 5.11 Å². The molecule has 1 fully saturated rings. The molecule has 98 valence electrons. The van der Waals surface area contributed by atoms with E-state index in [9.17, 15) is 9.90 Å². The van der Waals surface area contributed by atoms with Crippen molar-refractivity contribution in [2.24, 2.45) is 11.3 Å². The highest BCUT2D eigenvalue weighted by atomic mass is 79.9. The van der Waals surface area contributed by atoms with Gasteiger partial charge in [-0.2, -0.15) is 0 Å². The number of carboxylic acids is 1. The van der Waals surface area contributed by atoms with Gasteiger partial charge in [0, 0.05) is 4.47 Å². The molecule has 0 heterocycles. The molecule has 2 nitrogen and oxygen atoms in total. The van der Waals surface area contributed by atoms with Gasteiger partial charge in [0.1, 0.15) is 0 Å². The second-order valence-electron chi connectivity index (χ2n) is 5.41. The SMILES string of the molecule is CCC1CCC(Cc2ccc(Br)cc2)(C(=O)O)C1. The summed E-state index contributed by atoms with van der Waals surface area (Å²) in [6, 6.07) is 8.01. The molecule has 0 amide bonds. The summed E-state index contributed by atoms with van der Waals surface area (Å²) in [6.07, 6.45) is 4.45. The minimum atomic E-state index is -0.624. The largest absolute Gasteiger partial charge is 0.481 e. The van der Waals surface area contributed by atoms with Crippen LogP contribution in [0.4, 0.5) is 0 Å². The zero-order chi connectivity index (χ0) is 13.2. The number of benzene rings is 1. The van der Waals surface area contributed by atoms with Crippen molar-refractivity contribution in [2.75, 3.05) is 0 Å². The van der Waals surface area contributed by atoms with Crippen LogP contribution in [0.2, 0.25) is 0 Å². The Bertz CT molecular complexity index is 427. The van der Waals surface area contributed by atoms with E-state index in [0.717, 1.165) is 35.7 Å². The van der Waals surface area contributed by atoms with Gasteiger partial charge in [0.25, 0.3) is 0 Å². The molecular weight excluding hydrogens is 292 g/mol. The molecule has 1 aromatic rings. The molecule has 2 unspecified atom stereocenters. The number of aliphatic carboxylic acids is 1. The summed E-state index contributed by atoms with van der Waals surface area (Å²) in [5.74, 6) is -0.0436. The van der Waals surface area contributed by atoms with E-state index < -0.39 is 11.4 Å². The minimum Gasteiger partial charge on any atom is -0.481 e. The standard InChI is InChI=1S/C15H19BrO2/c1-2-11-7-8-15(9-11,14(17)18)10-12-3-5-13(16)6-4-12/h3-6,11H,2,7-10H2,1H3,(H,17,18). The van der Waals surface area contributed by atoms with Crippen LogP contribution in [0.3, 0.4) is 0 Å². The molecule has 2 atom stereocenters. The first-order chi connectivity index (χ1) is 8.55. The van der Waals surface area contributed by atoms with Crippen molar-refractivity contribution < 1.29 is 9.90 Å². The Morgan fingerprint density at radius 3 is 2.61 bits per heavy atom. The third-order valence-electron chi connectivity index (χ3n) is 4.20. The predicted octanol–water partition coefficient (Wildman–Crippen LogP) is 4.27. The zero-order valence-corrected chi connectivity index (χ0v) is 12.2. The van der Waals surface area contributed by atoms with Crippen molar-refractivity contribution in [1.29, 1.82) is 0 Å². The number of hydrogen-bond acceptors (Lipinski definition) is 1. The van der Waals surface area contributed by atoms with Crippen molar-refractivity contribution in [3.8, 4) is 0 Å². The normalized spacial score (nSPS) is 27.3. The molecule has 0 saturated heterocycles. The Hall–Kier alpha value is -0.830. The van der Waals surface area contributed by atoms with E-state index in [1.54, 1.807) is 0 Å². The zero-order valence-electron chi connectivity index (χ0n) is 10.7. The molecule has 1 saturated carbocycles. The van der Waals surface area contributed by atoms with Crippen molar-refractivity contribution in [2.45, 2.75) is 39.0 Å². The van der Waals surface area contributed by atoms with Crippen LogP contribution >= 0.6 is 15.9 Å². The molecule has 2 rings (SSSR count). The molecule has 1 aliphatic rings. The van der Waals surface area contributed by atoms with Crippen LogP contribution in [-0.4, -0.2) is 11.1 Å². The van der Waals surface area contributed by atoms with Gasteiger partial charge in [0.2, 0.25) is 0 Å². The van der Waals surface area contributed by atoms with E-state index in [2.05, 4.69) is 22.9 Å². The topological polar surface area (TPSA) is 37.3 Å². The van der Waals surface area contributed by atoms with Crippen LogP contribution in [0.15, 0.2) is 28.7 Å². The summed E-state index contributed by atoms with van der Waals surface area (Å²) in [5.41, 5.74) is 0.589. The molecule has 0 aromatic heterocycles. The van der Waals surface area contributed by atoms with Gasteiger partial charge in [-0.15, -0.1) is 0 Å². The molecule has 0 bridgehead atoms. The molecule has 3 heteroatoms. The van der Waals surface area contributed by atoms with Crippen LogP contribution in [-0.2, 0) is 11.2 Å². The Morgan fingerprint density at radius 1 is 1.44 bits per heavy atom. The lowest BCUT2D eigenvalue weighted by Gasteiger charge is -2.24. The summed E-state index contributed by atoms with van der Waals surface area (Å²) < 4.78 is 1.04. The highest BCUT2D eigenvalue weighted by molar-refractivity contribution is 9.10. The maximum atomic E-state index is 11.6. The van der Waals surface area contributed by atoms with Crippen molar-refractivity contribution in [3.63, 3.8) is 0 Å². The number of hydrogen-bond donors (Lipinski definition) is 1. The molecule has 1 aromatic carbocycles. The van der Waals surface area contributed by atoms with E-state index in [-0.39, 0.29) is 0 Å². The molecule has 18 heavy (non-hydrogen) atoms. The summed E-state index contributed by atoms with van der Waals surface area (Å²) >= 11 is 3.40. The molecule has 1 aliphatic carbocycles. The maximum absolute atomic E-state index is 11.6. The maximum Gasteiger partial charge on any atom is 0.309 e. The van der Waals surface area contributed by atoms with E-state index in [1.165, 1.54) is 0 Å². The average molecular weight is 311 g/mol. The van der Waals surface area contributed by atoms with Crippen LogP contribution < -0.4 is 0 Å². The third kappa shape index (κ3) is 2.77. The number of rotatable bonds is 4. The van der Waals surface area contributed by atoms with Gasteiger partial charge in [0.15, 0.2) is 0 Å². The van der Waals surface area contributed by atoms with Crippen LogP contribution in [0.5, 0.6) is 0 Å². The summed E-state index contributed by atoms with van der Waals surface area (Å²) in [6.45, 7) is 2.15. The van der Waals surface area contributed by atoms with Gasteiger partial charge in [-0.3, -0.25) is 4.79 Å². The van der Waals surface area contributed by atoms with Crippen molar-refractivity contribution in [3.05, 3.63) is 34.3 Å². The van der Waals surface area contributed by atoms with E-state index >= 15 is 0 Å². The highest BCUT2D eigenvalue weighted by Gasteiger charge is 2.44. The molecule has 0 aliphatic heterocycles. The van der Waals surface area contributed by atoms with Crippen LogP contribution in [0, 0.1) is 11.3 Å². The lowest BCUT2D eigenvalue weighted by atomic mass is 9.79. The Balaban J connectivity index is 2.17. The van der Waals surface area contributed by atoms with Gasteiger partial charge in [0.05, 0.1) is 5.41 Å². The third-order valence-corrected chi connectivity index (χ3v) is 4.73. The monoisotopic (exact) mass is 310 g/mol. The minimum absolute atomic E-state index is 0.533. The Morgan fingerprint density at radius 2 is 2.11 bits per heavy atom. The Kier molecular flexibility index (Phi) is 4.10. The van der Waals surface area contributed by atoms with Crippen molar-refractivity contribution in [1.82, 2.24) is 0 Å². The van der Waals surface area contributed by atoms with Gasteiger partial charge >= 0.3 is 5.97 Å². The van der Waals surface area contributed by atoms with E-state index in [1.807, 2.05) is 24.3 Å². The number of halogens is 1. The van der Waals surface area contributed by atoms with Crippen molar-refractivity contribution >= 4 is 21.9 Å². The van der Waals surface area contributed by atoms with E-state index in [4.69, 9.17) is 0 Å². The first kappa shape index (κ1) is 13.6. The molecule has 0 radical (unpaired) electrons. The first-order valence-corrected chi connectivity index (χ1v) is 7.33. The quantitative estimate of drug-likeness (QED) is 0.901. The van der Waals surface area contributed by atoms with Gasteiger partial charge in [-0.05, 0) is 49.3 Å². The van der Waals surface area contributed by atoms with Gasteiger partial charge in [-0.1, -0.05) is 41.4 Å². The second-order valence-corrected chi connectivity index (χ2v) is 6.32. The van der Waals surface area contributed by atoms with Gasteiger partial charge in [-0.25, -0.2) is 0 Å². The lowest BCUT2D eigenvalue weighted by molar-refractivity contribution is -0.148. The summed E-state index contributed by atoms with van der Waals surface area (Å²) in [7, 11) is 0. The number of carbonyl (C=O) groups is 1. The summed E-state index contributed by atoms with van der Waals surface area (Å²) in [4.78, 5) is 11.6. The highest BCUT2D eigenvalue weighted by Crippen LogP contribution is 2.45. The molecule has 1 N–H and O–H groups in total. The fraction of sp³-hybridized carbons (Fsp3) is 0.533. The molecular formula is C15H19BrO2. The fourth-order valence-corrected chi connectivity index (χ4v) is 3.27.